The minimum Gasteiger partial charge on any atom is -0.382 e. The fourth-order valence-corrected chi connectivity index (χ4v) is 5.69. The van der Waals surface area contributed by atoms with Crippen LogP contribution in [0.2, 0.25) is 0 Å². The number of rotatable bonds is 4. The molecule has 6 heteroatoms. The van der Waals surface area contributed by atoms with Crippen LogP contribution >= 0.6 is 23.5 Å². The van der Waals surface area contributed by atoms with Gasteiger partial charge < -0.3 is 10.2 Å². The number of amides is 1. The van der Waals surface area contributed by atoms with E-state index >= 15 is 0 Å². The molecular weight excluding hydrogens is 352 g/mol. The lowest BCUT2D eigenvalue weighted by Crippen LogP contribution is -2.28. The first-order chi connectivity index (χ1) is 12.3. The number of benzene rings is 2. The zero-order valence-corrected chi connectivity index (χ0v) is 15.2. The van der Waals surface area contributed by atoms with Gasteiger partial charge in [-0.15, -0.1) is 23.5 Å². The molecule has 1 fully saturated rings. The number of thioether (sulfide) groups is 2. The summed E-state index contributed by atoms with van der Waals surface area (Å²) in [6.07, 6.45) is -0.0850. The maximum atomic E-state index is 12.5. The molecule has 2 aromatic carbocycles. The second-order valence-corrected chi connectivity index (χ2v) is 8.61. The van der Waals surface area contributed by atoms with E-state index in [9.17, 15) is 4.79 Å². The van der Waals surface area contributed by atoms with Crippen LogP contribution in [0, 0.1) is 0 Å². The third-order valence-electron chi connectivity index (χ3n) is 4.12. The van der Waals surface area contributed by atoms with Gasteiger partial charge in [0.1, 0.15) is 0 Å². The monoisotopic (exact) mass is 370 g/mol. The highest BCUT2D eigenvalue weighted by Gasteiger charge is 2.29. The average Bonchev–Trinajstić information content (AvgIpc) is 3.35. The molecule has 4 rings (SSSR count). The fourth-order valence-electron chi connectivity index (χ4n) is 2.86. The van der Waals surface area contributed by atoms with Crippen LogP contribution in [0.25, 0.3) is 0 Å². The molecular formula is C19H18N2O2S2. The third kappa shape index (κ3) is 3.85. The number of anilines is 1. The molecule has 0 spiro atoms. The van der Waals surface area contributed by atoms with Crippen molar-refractivity contribution < 1.29 is 9.63 Å². The summed E-state index contributed by atoms with van der Waals surface area (Å²) < 4.78 is 0.465. The molecule has 0 aromatic heterocycles. The first-order valence-corrected chi connectivity index (χ1v) is 10.3. The first-order valence-electron chi connectivity index (χ1n) is 8.22. The predicted molar refractivity (Wildman–Crippen MR) is 105 cm³/mol. The normalized spacial score (nSPS) is 20.2. The summed E-state index contributed by atoms with van der Waals surface area (Å²) in [5.74, 6) is 2.21. The van der Waals surface area contributed by atoms with Crippen molar-refractivity contribution in [3.05, 3.63) is 65.7 Å². The number of hydrogen-bond donors (Lipinski definition) is 1. The number of carbonyl (C=O) groups is 1. The van der Waals surface area contributed by atoms with Crippen molar-refractivity contribution in [2.45, 2.75) is 17.1 Å². The van der Waals surface area contributed by atoms with Crippen LogP contribution in [-0.2, 0) is 9.63 Å². The summed E-state index contributed by atoms with van der Waals surface area (Å²) in [5.41, 5.74) is 3.87. The summed E-state index contributed by atoms with van der Waals surface area (Å²) in [7, 11) is 0. The van der Waals surface area contributed by atoms with Gasteiger partial charge in [-0.25, -0.2) is 0 Å². The highest BCUT2D eigenvalue weighted by molar-refractivity contribution is 8.19. The van der Waals surface area contributed by atoms with Crippen molar-refractivity contribution in [1.29, 1.82) is 0 Å². The van der Waals surface area contributed by atoms with Crippen molar-refractivity contribution in [1.82, 2.24) is 0 Å². The largest absolute Gasteiger partial charge is 0.382 e. The second kappa shape index (κ2) is 7.54. The Balaban J connectivity index is 1.39. The Labute approximate surface area is 155 Å². The van der Waals surface area contributed by atoms with E-state index in [1.165, 1.54) is 17.1 Å². The van der Waals surface area contributed by atoms with E-state index in [2.05, 4.69) is 22.6 Å². The van der Waals surface area contributed by atoms with Crippen LogP contribution in [0.4, 0.5) is 5.69 Å². The van der Waals surface area contributed by atoms with Gasteiger partial charge >= 0.3 is 0 Å². The molecule has 2 heterocycles. The summed E-state index contributed by atoms with van der Waals surface area (Å²) in [5, 5.41) is 7.04. The van der Waals surface area contributed by atoms with Crippen molar-refractivity contribution in [3.63, 3.8) is 0 Å². The molecule has 0 radical (unpaired) electrons. The molecule has 0 bridgehead atoms. The van der Waals surface area contributed by atoms with E-state index in [0.717, 1.165) is 17.0 Å². The highest BCUT2D eigenvalue weighted by Crippen LogP contribution is 2.45. The van der Waals surface area contributed by atoms with E-state index in [1.54, 1.807) is 0 Å². The van der Waals surface area contributed by atoms with E-state index in [1.807, 2.05) is 66.0 Å². The minimum atomic E-state index is -0.575. The van der Waals surface area contributed by atoms with E-state index in [0.29, 0.717) is 11.0 Å². The number of carbonyl (C=O) groups excluding carboxylic acids is 1. The molecule has 25 heavy (non-hydrogen) atoms. The Morgan fingerprint density at radius 3 is 2.68 bits per heavy atom. The van der Waals surface area contributed by atoms with Crippen LogP contribution in [0.3, 0.4) is 0 Å². The van der Waals surface area contributed by atoms with E-state index < -0.39 is 6.10 Å². The van der Waals surface area contributed by atoms with Gasteiger partial charge in [0, 0.05) is 23.6 Å². The van der Waals surface area contributed by atoms with Crippen molar-refractivity contribution >= 4 is 40.8 Å². The SMILES string of the molecule is O=C(Nc1cccc(C2SCCS2)c1)C1CC(c2ccccc2)=NO1. The highest BCUT2D eigenvalue weighted by atomic mass is 32.2. The van der Waals surface area contributed by atoms with Crippen molar-refractivity contribution in [2.75, 3.05) is 16.8 Å². The first kappa shape index (κ1) is 16.5. The number of nitrogens with zero attached hydrogens (tertiary/aromatic N) is 1. The summed E-state index contributed by atoms with van der Waals surface area (Å²) in [6, 6.07) is 17.9. The molecule has 1 N–H and O–H groups in total. The lowest BCUT2D eigenvalue weighted by molar-refractivity contribution is -0.125. The van der Waals surface area contributed by atoms with Crippen LogP contribution in [0.5, 0.6) is 0 Å². The maximum absolute atomic E-state index is 12.5. The molecule has 128 valence electrons. The zero-order valence-electron chi connectivity index (χ0n) is 13.6. The van der Waals surface area contributed by atoms with Crippen LogP contribution < -0.4 is 5.32 Å². The van der Waals surface area contributed by atoms with Crippen molar-refractivity contribution in [3.8, 4) is 0 Å². The van der Waals surface area contributed by atoms with Gasteiger partial charge in [-0.2, -0.15) is 0 Å². The van der Waals surface area contributed by atoms with Gasteiger partial charge in [0.25, 0.3) is 5.91 Å². The molecule has 0 saturated carbocycles. The molecule has 1 unspecified atom stereocenters. The summed E-state index contributed by atoms with van der Waals surface area (Å²) in [4.78, 5) is 17.9. The smallest absolute Gasteiger partial charge is 0.268 e. The van der Waals surface area contributed by atoms with Gasteiger partial charge in [0.2, 0.25) is 6.10 Å². The van der Waals surface area contributed by atoms with Crippen LogP contribution in [0.15, 0.2) is 59.8 Å². The fraction of sp³-hybridized carbons (Fsp3) is 0.263. The minimum absolute atomic E-state index is 0.154. The zero-order chi connectivity index (χ0) is 17.1. The molecule has 0 aliphatic carbocycles. The molecule has 1 atom stereocenters. The van der Waals surface area contributed by atoms with Crippen LogP contribution in [0.1, 0.15) is 22.1 Å². The van der Waals surface area contributed by atoms with E-state index in [4.69, 9.17) is 4.84 Å². The summed E-state index contributed by atoms with van der Waals surface area (Å²) >= 11 is 3.91. The standard InChI is InChI=1S/C19H18N2O2S2/c22-18(17-12-16(21-23-17)13-5-2-1-3-6-13)20-15-8-4-7-14(11-15)19-24-9-10-25-19/h1-8,11,17,19H,9-10,12H2,(H,20,22). The maximum Gasteiger partial charge on any atom is 0.268 e. The number of nitrogens with one attached hydrogen (secondary N) is 1. The predicted octanol–water partition coefficient (Wildman–Crippen LogP) is 4.30. The van der Waals surface area contributed by atoms with Gasteiger partial charge in [0.15, 0.2) is 0 Å². The quantitative estimate of drug-likeness (QED) is 0.872. The van der Waals surface area contributed by atoms with Gasteiger partial charge in [0.05, 0.1) is 10.3 Å². The van der Waals surface area contributed by atoms with E-state index in [-0.39, 0.29) is 5.91 Å². The lowest BCUT2D eigenvalue weighted by atomic mass is 10.0. The third-order valence-corrected chi connectivity index (χ3v) is 7.22. The average molecular weight is 370 g/mol. The molecule has 2 aromatic rings. The Morgan fingerprint density at radius 1 is 1.08 bits per heavy atom. The van der Waals surface area contributed by atoms with Crippen LogP contribution in [-0.4, -0.2) is 29.2 Å². The molecule has 1 amide bonds. The molecule has 2 aliphatic rings. The topological polar surface area (TPSA) is 50.7 Å². The molecule has 2 aliphatic heterocycles. The summed E-state index contributed by atoms with van der Waals surface area (Å²) in [6.45, 7) is 0. The van der Waals surface area contributed by atoms with Crippen molar-refractivity contribution in [2.24, 2.45) is 5.16 Å². The second-order valence-electron chi connectivity index (χ2n) is 5.89. The Hall–Kier alpha value is -1.92. The number of hydrogen-bond acceptors (Lipinski definition) is 5. The Kier molecular flexibility index (Phi) is 4.99. The van der Waals surface area contributed by atoms with Gasteiger partial charge in [-0.05, 0) is 23.3 Å². The molecule has 4 nitrogen and oxygen atoms in total. The van der Waals surface area contributed by atoms with Gasteiger partial charge in [-0.1, -0.05) is 47.6 Å². The Bertz CT molecular complexity index is 789. The Morgan fingerprint density at radius 2 is 1.88 bits per heavy atom. The van der Waals surface area contributed by atoms with Gasteiger partial charge in [-0.3, -0.25) is 4.79 Å². The molecule has 1 saturated heterocycles. The lowest BCUT2D eigenvalue weighted by Gasteiger charge is -2.13. The number of oxime groups is 1.